The molecule has 28 heavy (non-hydrogen) atoms. The van der Waals surface area contributed by atoms with Crippen LogP contribution in [0.1, 0.15) is 41.6 Å². The van der Waals surface area contributed by atoms with E-state index in [1.165, 1.54) is 0 Å². The van der Waals surface area contributed by atoms with Gasteiger partial charge >= 0.3 is 0 Å². The van der Waals surface area contributed by atoms with Gasteiger partial charge in [0, 0.05) is 11.1 Å². The van der Waals surface area contributed by atoms with E-state index in [4.69, 9.17) is 0 Å². The van der Waals surface area contributed by atoms with Crippen molar-refractivity contribution in [3.63, 3.8) is 0 Å². The van der Waals surface area contributed by atoms with Crippen LogP contribution >= 0.6 is 23.1 Å². The van der Waals surface area contributed by atoms with Crippen molar-refractivity contribution in [1.29, 1.82) is 0 Å². The van der Waals surface area contributed by atoms with Crippen molar-refractivity contribution in [2.45, 2.75) is 13.8 Å². The molecule has 0 radical (unpaired) electrons. The van der Waals surface area contributed by atoms with Gasteiger partial charge in [-0.1, -0.05) is 59.7 Å². The summed E-state index contributed by atoms with van der Waals surface area (Å²) in [7, 11) is 0. The van der Waals surface area contributed by atoms with Crippen molar-refractivity contribution in [3.8, 4) is 22.5 Å². The molecule has 4 nitrogen and oxygen atoms in total. The number of carbonyl (C=O) groups is 2. The molecule has 0 N–H and O–H groups in total. The standard InChI is InChI=1S/C22H14N2O2S2/c1-11-3-7-13(8-4-11)17-15-19(25)22-16(20(26)21(15)27-23-17)18(24-28-22)14-9-5-12(2)6-10-14/h3-10H,1-2H3. The number of benzene rings is 2. The van der Waals surface area contributed by atoms with Gasteiger partial charge in [0.2, 0.25) is 11.6 Å². The summed E-state index contributed by atoms with van der Waals surface area (Å²) < 4.78 is 8.92. The number of nitrogens with zero attached hydrogens (tertiary/aromatic N) is 2. The number of fused-ring (bicyclic) bond motifs is 2. The average Bonchev–Trinajstić information content (AvgIpc) is 3.33. The number of aromatic nitrogens is 2. The second kappa shape index (κ2) is 6.29. The third kappa shape index (κ3) is 2.49. The summed E-state index contributed by atoms with van der Waals surface area (Å²) in [5.74, 6) is -0.324. The van der Waals surface area contributed by atoms with Crippen molar-refractivity contribution in [3.05, 3.63) is 80.5 Å². The highest BCUT2D eigenvalue weighted by molar-refractivity contribution is 7.12. The first-order chi connectivity index (χ1) is 13.5. The molecule has 2 heterocycles. The van der Waals surface area contributed by atoms with Crippen LogP contribution in [0.15, 0.2) is 48.5 Å². The minimum Gasteiger partial charge on any atom is -0.287 e. The molecule has 0 spiro atoms. The first kappa shape index (κ1) is 17.2. The molecule has 0 unspecified atom stereocenters. The fourth-order valence-electron chi connectivity index (χ4n) is 3.36. The summed E-state index contributed by atoms with van der Waals surface area (Å²) in [6.07, 6.45) is 0. The minimum atomic E-state index is -0.162. The summed E-state index contributed by atoms with van der Waals surface area (Å²) in [6, 6.07) is 15.6. The van der Waals surface area contributed by atoms with Crippen LogP contribution in [0.4, 0.5) is 0 Å². The summed E-state index contributed by atoms with van der Waals surface area (Å²) in [5.41, 5.74) is 5.91. The first-order valence-corrected chi connectivity index (χ1v) is 10.3. The van der Waals surface area contributed by atoms with Gasteiger partial charge in [-0.05, 0) is 36.9 Å². The lowest BCUT2D eigenvalue weighted by Gasteiger charge is -2.12. The second-order valence-electron chi connectivity index (χ2n) is 6.86. The summed E-state index contributed by atoms with van der Waals surface area (Å²) >= 11 is 2.19. The Morgan fingerprint density at radius 1 is 0.607 bits per heavy atom. The summed E-state index contributed by atoms with van der Waals surface area (Å²) in [6.45, 7) is 4.01. The molecule has 0 atom stereocenters. The van der Waals surface area contributed by atoms with Crippen LogP contribution in [0, 0.1) is 13.8 Å². The molecule has 4 aromatic rings. The van der Waals surface area contributed by atoms with Crippen molar-refractivity contribution in [2.75, 3.05) is 0 Å². The highest BCUT2D eigenvalue weighted by Crippen LogP contribution is 2.41. The van der Waals surface area contributed by atoms with Crippen LogP contribution in [-0.2, 0) is 0 Å². The maximum atomic E-state index is 13.3. The van der Waals surface area contributed by atoms with E-state index in [9.17, 15) is 9.59 Å². The number of aryl methyl sites for hydroxylation is 2. The van der Waals surface area contributed by atoms with E-state index in [0.29, 0.717) is 32.3 Å². The van der Waals surface area contributed by atoms with E-state index in [2.05, 4.69) is 8.75 Å². The molecular weight excluding hydrogens is 388 g/mol. The topological polar surface area (TPSA) is 59.9 Å². The van der Waals surface area contributed by atoms with E-state index in [1.807, 2.05) is 62.4 Å². The zero-order valence-corrected chi connectivity index (χ0v) is 16.8. The summed E-state index contributed by atoms with van der Waals surface area (Å²) in [5, 5.41) is 0. The fourth-order valence-corrected chi connectivity index (χ4v) is 5.05. The Morgan fingerprint density at radius 3 is 1.32 bits per heavy atom. The Hall–Kier alpha value is -2.96. The zero-order chi connectivity index (χ0) is 19.4. The Morgan fingerprint density at radius 2 is 0.964 bits per heavy atom. The van der Waals surface area contributed by atoms with Crippen molar-refractivity contribution in [1.82, 2.24) is 8.75 Å². The van der Waals surface area contributed by atoms with Crippen molar-refractivity contribution >= 4 is 34.6 Å². The van der Waals surface area contributed by atoms with Gasteiger partial charge in [0.1, 0.15) is 9.75 Å². The van der Waals surface area contributed by atoms with Crippen LogP contribution in [-0.4, -0.2) is 20.3 Å². The fraction of sp³-hybridized carbons (Fsp3) is 0.0909. The molecule has 0 amide bonds. The maximum Gasteiger partial charge on any atom is 0.209 e. The lowest BCUT2D eigenvalue weighted by atomic mass is 9.89. The lowest BCUT2D eigenvalue weighted by molar-refractivity contribution is 0.0986. The van der Waals surface area contributed by atoms with E-state index < -0.39 is 0 Å². The molecule has 0 saturated heterocycles. The van der Waals surface area contributed by atoms with Gasteiger partial charge in [-0.3, -0.25) is 9.59 Å². The zero-order valence-electron chi connectivity index (χ0n) is 15.1. The number of hydrogen-bond acceptors (Lipinski definition) is 6. The molecule has 0 fully saturated rings. The Kier molecular flexibility index (Phi) is 3.86. The molecule has 2 aromatic heterocycles. The molecule has 0 bridgehead atoms. The smallest absolute Gasteiger partial charge is 0.209 e. The number of hydrogen-bond donors (Lipinski definition) is 0. The predicted molar refractivity (Wildman–Crippen MR) is 111 cm³/mol. The van der Waals surface area contributed by atoms with Crippen LogP contribution in [0.5, 0.6) is 0 Å². The van der Waals surface area contributed by atoms with E-state index in [1.54, 1.807) is 0 Å². The maximum absolute atomic E-state index is 13.3. The molecule has 0 saturated carbocycles. The number of carbonyl (C=O) groups excluding carboxylic acids is 2. The number of ketones is 2. The monoisotopic (exact) mass is 402 g/mol. The molecule has 136 valence electrons. The quantitative estimate of drug-likeness (QED) is 0.401. The van der Waals surface area contributed by atoms with Gasteiger partial charge in [-0.25, -0.2) is 0 Å². The van der Waals surface area contributed by atoms with E-state index in [0.717, 1.165) is 45.3 Å². The van der Waals surface area contributed by atoms with Crippen LogP contribution in [0.25, 0.3) is 22.5 Å². The molecule has 2 aromatic carbocycles. The minimum absolute atomic E-state index is 0.162. The first-order valence-electron chi connectivity index (χ1n) is 8.77. The molecule has 5 rings (SSSR count). The molecule has 1 aliphatic carbocycles. The van der Waals surface area contributed by atoms with Gasteiger partial charge in [-0.15, -0.1) is 0 Å². The van der Waals surface area contributed by atoms with Crippen molar-refractivity contribution in [2.24, 2.45) is 0 Å². The van der Waals surface area contributed by atoms with Crippen molar-refractivity contribution < 1.29 is 9.59 Å². The van der Waals surface area contributed by atoms with Gasteiger partial charge < -0.3 is 0 Å². The third-order valence-corrected chi connectivity index (χ3v) is 6.59. The van der Waals surface area contributed by atoms with Gasteiger partial charge in [0.05, 0.1) is 22.5 Å². The largest absolute Gasteiger partial charge is 0.287 e. The molecule has 1 aliphatic rings. The van der Waals surface area contributed by atoms with E-state index >= 15 is 0 Å². The second-order valence-corrected chi connectivity index (χ2v) is 8.41. The van der Waals surface area contributed by atoms with Crippen LogP contribution < -0.4 is 0 Å². The number of rotatable bonds is 2. The van der Waals surface area contributed by atoms with Gasteiger partial charge in [-0.2, -0.15) is 8.75 Å². The SMILES string of the molecule is Cc1ccc(-c2nsc3c2C(=O)c2snc(-c4ccc(C)cc4)c2C3=O)cc1. The van der Waals surface area contributed by atoms with Gasteiger partial charge in [0.25, 0.3) is 0 Å². The molecule has 6 heteroatoms. The summed E-state index contributed by atoms with van der Waals surface area (Å²) in [4.78, 5) is 27.3. The lowest BCUT2D eigenvalue weighted by Crippen LogP contribution is -2.17. The van der Waals surface area contributed by atoms with Crippen LogP contribution in [0.2, 0.25) is 0 Å². The molecular formula is C22H14N2O2S2. The normalized spacial score (nSPS) is 12.8. The van der Waals surface area contributed by atoms with Gasteiger partial charge in [0.15, 0.2) is 0 Å². The highest BCUT2D eigenvalue weighted by Gasteiger charge is 2.39. The third-order valence-electron chi connectivity index (χ3n) is 4.90. The highest BCUT2D eigenvalue weighted by atomic mass is 32.1. The van der Waals surface area contributed by atoms with E-state index in [-0.39, 0.29) is 11.6 Å². The average molecular weight is 403 g/mol. The Labute approximate surface area is 169 Å². The molecule has 0 aliphatic heterocycles. The predicted octanol–water partition coefficient (Wildman–Crippen LogP) is 5.33. The Balaban J connectivity index is 1.66. The Bertz CT molecular complexity index is 1150. The van der Waals surface area contributed by atoms with Crippen LogP contribution in [0.3, 0.4) is 0 Å².